The van der Waals surface area contributed by atoms with Gasteiger partial charge in [0, 0.05) is 10.6 Å². The first-order valence-corrected chi connectivity index (χ1v) is 5.58. The van der Waals surface area contributed by atoms with Gasteiger partial charge in [-0.15, -0.1) is 0 Å². The van der Waals surface area contributed by atoms with E-state index < -0.39 is 6.61 Å². The Balaban J connectivity index is 2.29. The fourth-order valence-corrected chi connectivity index (χ4v) is 1.71. The molecule has 0 aliphatic carbocycles. The molecule has 0 saturated heterocycles. The largest absolute Gasteiger partial charge is 0.388 e. The third kappa shape index (κ3) is 2.73. The van der Waals surface area contributed by atoms with Crippen molar-refractivity contribution < 1.29 is 9.90 Å². The predicted molar refractivity (Wildman–Crippen MR) is 68.3 cm³/mol. The lowest BCUT2D eigenvalue weighted by Gasteiger charge is -2.03. The van der Waals surface area contributed by atoms with Crippen LogP contribution in [0.15, 0.2) is 48.5 Å². The van der Waals surface area contributed by atoms with Crippen LogP contribution in [0.2, 0.25) is 5.02 Å². The molecule has 2 rings (SSSR count). The zero-order valence-corrected chi connectivity index (χ0v) is 9.82. The van der Waals surface area contributed by atoms with Crippen molar-refractivity contribution in [1.29, 1.82) is 0 Å². The van der Waals surface area contributed by atoms with E-state index in [4.69, 9.17) is 16.7 Å². The second-order valence-corrected chi connectivity index (χ2v) is 4.10. The van der Waals surface area contributed by atoms with Crippen LogP contribution >= 0.6 is 11.6 Å². The van der Waals surface area contributed by atoms with Crippen LogP contribution in [0.3, 0.4) is 0 Å². The Morgan fingerprint density at radius 2 is 1.41 bits per heavy atom. The zero-order chi connectivity index (χ0) is 12.3. The molecule has 0 atom stereocenters. The molecule has 1 N–H and O–H groups in total. The predicted octanol–water partition coefficient (Wildman–Crippen LogP) is 3.18. The molecule has 0 unspecified atom stereocenters. The summed E-state index contributed by atoms with van der Waals surface area (Å²) in [5.41, 5.74) is 2.57. The molecule has 17 heavy (non-hydrogen) atoms. The van der Waals surface area contributed by atoms with Crippen molar-refractivity contribution in [3.63, 3.8) is 0 Å². The fraction of sp³-hybridized carbons (Fsp3) is 0.0714. The minimum Gasteiger partial charge on any atom is -0.388 e. The van der Waals surface area contributed by atoms with Gasteiger partial charge in [-0.3, -0.25) is 4.79 Å². The molecule has 0 bridgehead atoms. The van der Waals surface area contributed by atoms with E-state index in [1.807, 2.05) is 36.4 Å². The first-order chi connectivity index (χ1) is 8.20. The minimum atomic E-state index is -0.458. The number of carbonyl (C=O) groups is 1. The summed E-state index contributed by atoms with van der Waals surface area (Å²) in [6.45, 7) is -0.458. The molecule has 2 aromatic rings. The quantitative estimate of drug-likeness (QED) is 0.845. The van der Waals surface area contributed by atoms with Gasteiger partial charge in [-0.2, -0.15) is 0 Å². The lowest BCUT2D eigenvalue weighted by atomic mass is 10.0. The summed E-state index contributed by atoms with van der Waals surface area (Å²) in [6, 6.07) is 14.6. The number of hydrogen-bond donors (Lipinski definition) is 1. The third-order valence-electron chi connectivity index (χ3n) is 2.53. The molecular formula is C14H11ClO2. The average Bonchev–Trinajstić information content (AvgIpc) is 2.39. The second-order valence-electron chi connectivity index (χ2n) is 3.67. The molecule has 0 radical (unpaired) electrons. The van der Waals surface area contributed by atoms with Gasteiger partial charge in [-0.05, 0) is 23.3 Å². The highest BCUT2D eigenvalue weighted by atomic mass is 35.5. The van der Waals surface area contributed by atoms with Gasteiger partial charge in [0.2, 0.25) is 0 Å². The van der Waals surface area contributed by atoms with E-state index in [9.17, 15) is 4.79 Å². The number of aliphatic hydroxyl groups is 1. The van der Waals surface area contributed by atoms with Crippen LogP contribution in [0, 0.1) is 0 Å². The molecule has 2 aromatic carbocycles. The Labute approximate surface area is 104 Å². The van der Waals surface area contributed by atoms with Crippen molar-refractivity contribution in [1.82, 2.24) is 0 Å². The summed E-state index contributed by atoms with van der Waals surface area (Å²) in [7, 11) is 0. The van der Waals surface area contributed by atoms with Crippen LogP contribution in [0.25, 0.3) is 11.1 Å². The summed E-state index contributed by atoms with van der Waals surface area (Å²) in [4.78, 5) is 11.2. The number of benzene rings is 2. The van der Waals surface area contributed by atoms with Gasteiger partial charge in [-0.1, -0.05) is 48.0 Å². The van der Waals surface area contributed by atoms with Gasteiger partial charge >= 0.3 is 0 Å². The van der Waals surface area contributed by atoms with E-state index in [0.717, 1.165) is 11.1 Å². The Hall–Kier alpha value is -1.64. The molecular weight excluding hydrogens is 236 g/mol. The number of hydrogen-bond acceptors (Lipinski definition) is 2. The molecule has 0 fully saturated rings. The number of aliphatic hydroxyl groups excluding tert-OH is 1. The molecule has 3 heteroatoms. The molecule has 0 aliphatic rings. The van der Waals surface area contributed by atoms with E-state index in [1.54, 1.807) is 12.1 Å². The Bertz CT molecular complexity index is 515. The second kappa shape index (κ2) is 5.13. The van der Waals surface area contributed by atoms with Gasteiger partial charge in [0.05, 0.1) is 0 Å². The number of ketones is 1. The lowest BCUT2D eigenvalue weighted by Crippen LogP contribution is -2.03. The van der Waals surface area contributed by atoms with Gasteiger partial charge in [0.1, 0.15) is 6.61 Å². The number of halogens is 1. The first kappa shape index (κ1) is 11.8. The maximum absolute atomic E-state index is 11.2. The summed E-state index contributed by atoms with van der Waals surface area (Å²) >= 11 is 5.81. The van der Waals surface area contributed by atoms with E-state index in [0.29, 0.717) is 10.6 Å². The fourth-order valence-electron chi connectivity index (χ4n) is 1.58. The molecule has 0 heterocycles. The Morgan fingerprint density at radius 3 is 1.88 bits per heavy atom. The smallest absolute Gasteiger partial charge is 0.188 e. The highest BCUT2D eigenvalue weighted by Gasteiger charge is 2.04. The molecule has 0 saturated carbocycles. The normalized spacial score (nSPS) is 10.2. The van der Waals surface area contributed by atoms with Crippen molar-refractivity contribution in [2.75, 3.05) is 6.61 Å². The van der Waals surface area contributed by atoms with Crippen LogP contribution < -0.4 is 0 Å². The highest BCUT2D eigenvalue weighted by Crippen LogP contribution is 2.21. The number of Topliss-reactive ketones (excluding diaryl/α,β-unsaturated/α-hetero) is 1. The van der Waals surface area contributed by atoms with Gasteiger partial charge in [0.25, 0.3) is 0 Å². The maximum Gasteiger partial charge on any atom is 0.188 e. The summed E-state index contributed by atoms with van der Waals surface area (Å²) < 4.78 is 0. The van der Waals surface area contributed by atoms with Gasteiger partial charge in [-0.25, -0.2) is 0 Å². The van der Waals surface area contributed by atoms with E-state index >= 15 is 0 Å². The molecule has 86 valence electrons. The zero-order valence-electron chi connectivity index (χ0n) is 9.06. The van der Waals surface area contributed by atoms with Gasteiger partial charge < -0.3 is 5.11 Å². The SMILES string of the molecule is O=C(CO)c1ccc(-c2ccc(Cl)cc2)cc1. The van der Waals surface area contributed by atoms with Crippen molar-refractivity contribution in [3.8, 4) is 11.1 Å². The van der Waals surface area contributed by atoms with E-state index in [1.165, 1.54) is 0 Å². The molecule has 0 spiro atoms. The van der Waals surface area contributed by atoms with Crippen molar-refractivity contribution >= 4 is 17.4 Å². The van der Waals surface area contributed by atoms with Crippen LogP contribution in [-0.2, 0) is 0 Å². The standard InChI is InChI=1S/C14H11ClO2/c15-13-7-5-11(6-8-13)10-1-3-12(4-2-10)14(17)9-16/h1-8,16H,9H2. The molecule has 2 nitrogen and oxygen atoms in total. The van der Waals surface area contributed by atoms with Crippen LogP contribution in [0.4, 0.5) is 0 Å². The summed E-state index contributed by atoms with van der Waals surface area (Å²) in [6.07, 6.45) is 0. The number of rotatable bonds is 3. The van der Waals surface area contributed by atoms with Crippen molar-refractivity contribution in [2.45, 2.75) is 0 Å². The first-order valence-electron chi connectivity index (χ1n) is 5.21. The number of carbonyl (C=O) groups excluding carboxylic acids is 1. The third-order valence-corrected chi connectivity index (χ3v) is 2.78. The van der Waals surface area contributed by atoms with Crippen LogP contribution in [0.1, 0.15) is 10.4 Å². The minimum absolute atomic E-state index is 0.271. The van der Waals surface area contributed by atoms with Gasteiger partial charge in [0.15, 0.2) is 5.78 Å². The Kier molecular flexibility index (Phi) is 3.57. The maximum atomic E-state index is 11.2. The molecule has 0 aromatic heterocycles. The topological polar surface area (TPSA) is 37.3 Å². The Morgan fingerprint density at radius 1 is 0.941 bits per heavy atom. The lowest BCUT2D eigenvalue weighted by molar-refractivity contribution is 0.0904. The molecule has 0 amide bonds. The van der Waals surface area contributed by atoms with E-state index in [2.05, 4.69) is 0 Å². The van der Waals surface area contributed by atoms with Crippen molar-refractivity contribution in [2.24, 2.45) is 0 Å². The van der Waals surface area contributed by atoms with Crippen molar-refractivity contribution in [3.05, 3.63) is 59.1 Å². The van der Waals surface area contributed by atoms with Crippen LogP contribution in [-0.4, -0.2) is 17.5 Å². The monoisotopic (exact) mass is 246 g/mol. The highest BCUT2D eigenvalue weighted by molar-refractivity contribution is 6.30. The van der Waals surface area contributed by atoms with E-state index in [-0.39, 0.29) is 5.78 Å². The summed E-state index contributed by atoms with van der Waals surface area (Å²) in [5.74, 6) is -0.271. The average molecular weight is 247 g/mol. The summed E-state index contributed by atoms with van der Waals surface area (Å²) in [5, 5.41) is 9.44. The molecule has 0 aliphatic heterocycles. The van der Waals surface area contributed by atoms with Crippen LogP contribution in [0.5, 0.6) is 0 Å².